The number of imidazole rings is 1. The summed E-state index contributed by atoms with van der Waals surface area (Å²) in [5.74, 6) is 1.98. The zero-order valence-electron chi connectivity index (χ0n) is 45.6. The smallest absolute Gasteiger partial charge is 0.268 e. The largest absolute Gasteiger partial charge is 0.510 e. The van der Waals surface area contributed by atoms with Gasteiger partial charge >= 0.3 is 0 Å². The van der Waals surface area contributed by atoms with Crippen LogP contribution in [0.3, 0.4) is 0 Å². The molecule has 0 saturated heterocycles. The van der Waals surface area contributed by atoms with Crippen LogP contribution in [0.25, 0.3) is 106 Å². The molecule has 0 amide bonds. The molecule has 0 fully saturated rings. The van der Waals surface area contributed by atoms with Crippen LogP contribution in [0, 0.1) is 18.5 Å². The summed E-state index contributed by atoms with van der Waals surface area (Å²) in [7, 11) is 0. The second-order valence-electron chi connectivity index (χ2n) is 23.7. The molecular formula is C72H60N4OPt-2. The molecule has 1 aliphatic rings. The van der Waals surface area contributed by atoms with Gasteiger partial charge in [-0.3, -0.25) is 4.57 Å². The molecule has 0 bridgehead atoms. The molecule has 1 aliphatic heterocycles. The molecule has 0 radical (unpaired) electrons. The summed E-state index contributed by atoms with van der Waals surface area (Å²) in [4.78, 5) is 4.91. The number of rotatable bonds is 6. The predicted molar refractivity (Wildman–Crippen MR) is 317 cm³/mol. The standard InChI is InChI=1S/C72H60N4O.Pt/c1-70(2,3)50-30-25-46(26-31-50)48-29-35-61-58-21-12-10-19-56(58)57-20-11-13-22-59(57)63-39-49(47-27-32-51(33-28-47)71(4,5)6)41-67-69(63)75(65(61)40-48)45-74(67)53-17-16-18-54(43-53)77-55-34-36-62-60-23-14-15-24-64(60)76(66(62)44-55)68-42-52(37-38-73-68)72(7,8)9;/h10-42H,1-9H3;/q-2;. The molecule has 0 saturated carbocycles. The van der Waals surface area contributed by atoms with E-state index in [2.05, 4.69) is 270 Å². The molecule has 386 valence electrons. The summed E-state index contributed by atoms with van der Waals surface area (Å²) in [6.45, 7) is 20.3. The first kappa shape index (κ1) is 50.7. The normalized spacial score (nSPS) is 12.3. The van der Waals surface area contributed by atoms with Crippen LogP contribution in [0.4, 0.5) is 0 Å². The summed E-state index contributed by atoms with van der Waals surface area (Å²) in [6.07, 6.45) is 5.88. The molecule has 4 heterocycles. The third kappa shape index (κ3) is 8.89. The zero-order valence-corrected chi connectivity index (χ0v) is 47.8. The number of aromatic nitrogens is 4. The van der Waals surface area contributed by atoms with Gasteiger partial charge < -0.3 is 13.9 Å². The van der Waals surface area contributed by atoms with Crippen LogP contribution in [-0.4, -0.2) is 14.1 Å². The Morgan fingerprint density at radius 1 is 0.436 bits per heavy atom. The summed E-state index contributed by atoms with van der Waals surface area (Å²) in [5.41, 5.74) is 21.0. The number of benzene rings is 9. The maximum absolute atomic E-state index is 6.84. The Morgan fingerprint density at radius 3 is 1.67 bits per heavy atom. The molecule has 9 aromatic carbocycles. The van der Waals surface area contributed by atoms with Crippen LogP contribution < -0.4 is 9.30 Å². The van der Waals surface area contributed by atoms with E-state index in [0.29, 0.717) is 11.5 Å². The first-order chi connectivity index (χ1) is 37.0. The topological polar surface area (TPSA) is 35.9 Å². The van der Waals surface area contributed by atoms with Gasteiger partial charge in [0.1, 0.15) is 5.82 Å². The predicted octanol–water partition coefficient (Wildman–Crippen LogP) is 18.1. The van der Waals surface area contributed by atoms with Crippen LogP contribution in [0.5, 0.6) is 11.5 Å². The molecule has 78 heavy (non-hydrogen) atoms. The second kappa shape index (κ2) is 19.1. The van der Waals surface area contributed by atoms with E-state index in [1.54, 1.807) is 0 Å². The number of hydrogen-bond acceptors (Lipinski definition) is 2. The van der Waals surface area contributed by atoms with E-state index < -0.39 is 0 Å². The third-order valence-electron chi connectivity index (χ3n) is 15.5. The molecule has 6 heteroatoms. The van der Waals surface area contributed by atoms with E-state index in [0.717, 1.165) is 94.5 Å². The third-order valence-corrected chi connectivity index (χ3v) is 15.5. The van der Waals surface area contributed by atoms with Gasteiger partial charge in [0.25, 0.3) is 6.33 Å². The van der Waals surface area contributed by atoms with Crippen molar-refractivity contribution in [3.63, 3.8) is 0 Å². The molecule has 0 unspecified atom stereocenters. The van der Waals surface area contributed by atoms with Gasteiger partial charge in [-0.15, -0.1) is 29.7 Å². The molecule has 0 atom stereocenters. The van der Waals surface area contributed by atoms with E-state index in [1.807, 2.05) is 24.4 Å². The number of ether oxygens (including phenoxy) is 1. The van der Waals surface area contributed by atoms with E-state index in [-0.39, 0.29) is 37.3 Å². The van der Waals surface area contributed by atoms with Crippen LogP contribution in [-0.2, 0) is 37.3 Å². The Balaban J connectivity index is 0.00000609. The average molecular weight is 1190 g/mol. The van der Waals surface area contributed by atoms with Gasteiger partial charge in [-0.2, -0.15) is 18.2 Å². The van der Waals surface area contributed by atoms with Crippen molar-refractivity contribution >= 4 is 32.8 Å². The van der Waals surface area contributed by atoms with Crippen LogP contribution in [0.1, 0.15) is 79.0 Å². The van der Waals surface area contributed by atoms with Crippen molar-refractivity contribution in [1.82, 2.24) is 14.1 Å². The Morgan fingerprint density at radius 2 is 1.01 bits per heavy atom. The number of pyridine rings is 1. The minimum absolute atomic E-state index is 0. The molecule has 3 aromatic heterocycles. The fourth-order valence-corrected chi connectivity index (χ4v) is 11.2. The Labute approximate surface area is 472 Å². The zero-order chi connectivity index (χ0) is 53.0. The Hall–Kier alpha value is -8.11. The van der Waals surface area contributed by atoms with Crippen LogP contribution in [0.2, 0.25) is 0 Å². The van der Waals surface area contributed by atoms with Crippen molar-refractivity contribution in [3.05, 3.63) is 235 Å². The molecule has 0 spiro atoms. The first-order valence-corrected chi connectivity index (χ1v) is 26.8. The van der Waals surface area contributed by atoms with E-state index >= 15 is 0 Å². The van der Waals surface area contributed by atoms with Gasteiger partial charge in [0.2, 0.25) is 0 Å². The molecule has 12 aromatic rings. The number of fused-ring (bicyclic) bond motifs is 10. The monoisotopic (exact) mass is 1190 g/mol. The molecule has 5 nitrogen and oxygen atoms in total. The Kier molecular flexibility index (Phi) is 12.4. The summed E-state index contributed by atoms with van der Waals surface area (Å²) in [5, 5.41) is 2.21. The number of hydrogen-bond donors (Lipinski definition) is 0. The van der Waals surface area contributed by atoms with Crippen molar-refractivity contribution in [1.29, 1.82) is 0 Å². The van der Waals surface area contributed by atoms with E-state index in [9.17, 15) is 0 Å². The summed E-state index contributed by atoms with van der Waals surface area (Å²) >= 11 is 0. The van der Waals surface area contributed by atoms with Crippen molar-refractivity contribution in [2.75, 3.05) is 0 Å². The molecule has 0 N–H and O–H groups in total. The summed E-state index contributed by atoms with van der Waals surface area (Å²) in [6, 6.07) is 77.9. The fourth-order valence-electron chi connectivity index (χ4n) is 11.2. The fraction of sp³-hybridized carbons (Fsp3) is 0.167. The summed E-state index contributed by atoms with van der Waals surface area (Å²) < 4.78 is 13.5. The van der Waals surface area contributed by atoms with Crippen molar-refractivity contribution in [2.24, 2.45) is 0 Å². The molecule has 13 rings (SSSR count). The molecule has 0 aliphatic carbocycles. The quantitative estimate of drug-likeness (QED) is 0.123. The van der Waals surface area contributed by atoms with Crippen LogP contribution >= 0.6 is 0 Å². The molecular weight excluding hydrogens is 1130 g/mol. The average Bonchev–Trinajstić information content (AvgIpc) is 4.23. The first-order valence-electron chi connectivity index (χ1n) is 26.8. The van der Waals surface area contributed by atoms with Crippen molar-refractivity contribution in [2.45, 2.75) is 78.6 Å². The van der Waals surface area contributed by atoms with Gasteiger partial charge in [-0.25, -0.2) is 4.98 Å². The maximum atomic E-state index is 6.84. The SMILES string of the molecule is CC(C)(C)c1ccc(-c2ccc3c(c2)-[n+]2[c-]n(-c4[c-]c(Oc5[c-]c6c(cc5)c5ccccc5n6-c5cc(C(C)(C)C)ccn5)ccc4)c4cc(-c5ccc(C(C)(C)C)cc5)cc(c42)-c2ccccc2-c2ccccc2-3)cc1.[Pt]. The minimum Gasteiger partial charge on any atom is -0.510 e. The van der Waals surface area contributed by atoms with E-state index in [4.69, 9.17) is 9.72 Å². The minimum atomic E-state index is -0.0471. The van der Waals surface area contributed by atoms with Crippen molar-refractivity contribution in [3.8, 4) is 84.3 Å². The van der Waals surface area contributed by atoms with Crippen LogP contribution in [0.15, 0.2) is 200 Å². The number of nitrogens with zero attached hydrogens (tertiary/aromatic N) is 4. The second-order valence-corrected chi connectivity index (χ2v) is 23.7. The maximum Gasteiger partial charge on any atom is 0.268 e. The van der Waals surface area contributed by atoms with Gasteiger partial charge in [-0.05, 0) is 130 Å². The Bertz CT molecular complexity index is 4290. The van der Waals surface area contributed by atoms with Gasteiger partial charge in [0, 0.05) is 44.3 Å². The van der Waals surface area contributed by atoms with Gasteiger partial charge in [0.15, 0.2) is 0 Å². The number of para-hydroxylation sites is 1. The van der Waals surface area contributed by atoms with Gasteiger partial charge in [0.05, 0.1) is 16.7 Å². The van der Waals surface area contributed by atoms with E-state index in [1.165, 1.54) is 27.8 Å². The van der Waals surface area contributed by atoms with Crippen molar-refractivity contribution < 1.29 is 30.4 Å². The van der Waals surface area contributed by atoms with Gasteiger partial charge in [-0.1, -0.05) is 201 Å².